The average Bonchev–Trinajstić information content (AvgIpc) is 2.50. The quantitative estimate of drug-likeness (QED) is 0.930. The third-order valence-electron chi connectivity index (χ3n) is 4.34. The van der Waals surface area contributed by atoms with Crippen LogP contribution in [0.1, 0.15) is 31.2 Å². The Kier molecular flexibility index (Phi) is 4.72. The Hall–Kier alpha value is -0.780. The minimum atomic E-state index is -0.348. The summed E-state index contributed by atoms with van der Waals surface area (Å²) in [5.74, 6) is 2.53. The molecule has 0 amide bonds. The predicted molar refractivity (Wildman–Crippen MR) is 81.2 cm³/mol. The highest BCUT2D eigenvalue weighted by atomic mass is 32.2. The molecule has 0 bridgehead atoms. The molecule has 2 fully saturated rings. The Morgan fingerprint density at radius 1 is 1.38 bits per heavy atom. The Morgan fingerprint density at radius 2 is 2.19 bits per heavy atom. The molecule has 116 valence electrons. The Bertz CT molecular complexity index is 483. The van der Waals surface area contributed by atoms with E-state index in [1.54, 1.807) is 6.07 Å². The molecule has 1 N–H and O–H groups in total. The first kappa shape index (κ1) is 15.1. The van der Waals surface area contributed by atoms with Crippen LogP contribution in [0.25, 0.3) is 0 Å². The highest BCUT2D eigenvalue weighted by molar-refractivity contribution is 7.99. The number of halogens is 1. The lowest BCUT2D eigenvalue weighted by atomic mass is 9.86. The van der Waals surface area contributed by atoms with E-state index in [4.69, 9.17) is 9.47 Å². The molecule has 2 heterocycles. The highest BCUT2D eigenvalue weighted by Gasteiger charge is 2.39. The maximum absolute atomic E-state index is 13.2. The molecule has 1 atom stereocenters. The molecule has 0 aromatic heterocycles. The molecule has 2 saturated heterocycles. The first-order valence-electron chi connectivity index (χ1n) is 7.48. The van der Waals surface area contributed by atoms with Gasteiger partial charge in [0.15, 0.2) is 0 Å². The minimum Gasteiger partial charge on any atom is -0.490 e. The van der Waals surface area contributed by atoms with Gasteiger partial charge in [-0.1, -0.05) is 0 Å². The van der Waals surface area contributed by atoms with Crippen LogP contribution < -0.4 is 4.74 Å². The monoisotopic (exact) mass is 312 g/mol. The molecular formula is C16H21FO3S. The molecule has 1 unspecified atom stereocenters. The third-order valence-corrected chi connectivity index (χ3v) is 5.32. The van der Waals surface area contributed by atoms with Gasteiger partial charge in [-0.05, 0) is 42.5 Å². The summed E-state index contributed by atoms with van der Waals surface area (Å²) < 4.78 is 25.3. The summed E-state index contributed by atoms with van der Waals surface area (Å²) in [4.78, 5) is 0. The molecule has 0 saturated carbocycles. The fourth-order valence-electron chi connectivity index (χ4n) is 3.14. The van der Waals surface area contributed by atoms with Crippen molar-refractivity contribution in [2.45, 2.75) is 44.0 Å². The fraction of sp³-hybridized carbons (Fsp3) is 0.625. The van der Waals surface area contributed by atoms with Crippen LogP contribution in [-0.2, 0) is 11.3 Å². The van der Waals surface area contributed by atoms with Gasteiger partial charge in [-0.15, -0.1) is 0 Å². The van der Waals surface area contributed by atoms with Crippen molar-refractivity contribution in [3.8, 4) is 5.75 Å². The van der Waals surface area contributed by atoms with E-state index in [0.29, 0.717) is 17.9 Å². The van der Waals surface area contributed by atoms with Crippen molar-refractivity contribution >= 4 is 11.8 Å². The van der Waals surface area contributed by atoms with Crippen LogP contribution in [0.5, 0.6) is 5.75 Å². The van der Waals surface area contributed by atoms with E-state index in [0.717, 1.165) is 37.2 Å². The van der Waals surface area contributed by atoms with Crippen LogP contribution in [0.3, 0.4) is 0 Å². The summed E-state index contributed by atoms with van der Waals surface area (Å²) in [6, 6.07) is 4.32. The van der Waals surface area contributed by atoms with E-state index < -0.39 is 0 Å². The Morgan fingerprint density at radius 3 is 2.95 bits per heavy atom. The molecule has 1 spiro atoms. The first-order chi connectivity index (χ1) is 10.2. The number of benzene rings is 1. The van der Waals surface area contributed by atoms with Crippen molar-refractivity contribution < 1.29 is 19.0 Å². The lowest BCUT2D eigenvalue weighted by Gasteiger charge is -2.43. The number of thioether (sulfide) groups is 1. The second-order valence-electron chi connectivity index (χ2n) is 5.79. The Labute approximate surface area is 128 Å². The molecule has 3 nitrogen and oxygen atoms in total. The van der Waals surface area contributed by atoms with Crippen molar-refractivity contribution in [2.24, 2.45) is 0 Å². The highest BCUT2D eigenvalue weighted by Crippen LogP contribution is 2.39. The zero-order valence-corrected chi connectivity index (χ0v) is 12.8. The van der Waals surface area contributed by atoms with Crippen LogP contribution in [0.2, 0.25) is 0 Å². The number of hydrogen-bond acceptors (Lipinski definition) is 4. The van der Waals surface area contributed by atoms with Crippen molar-refractivity contribution in [1.29, 1.82) is 0 Å². The van der Waals surface area contributed by atoms with Crippen LogP contribution in [0, 0.1) is 5.82 Å². The summed E-state index contributed by atoms with van der Waals surface area (Å²) in [6.07, 6.45) is 3.96. The third kappa shape index (κ3) is 3.52. The van der Waals surface area contributed by atoms with E-state index in [1.165, 1.54) is 12.1 Å². The largest absolute Gasteiger partial charge is 0.490 e. The van der Waals surface area contributed by atoms with Gasteiger partial charge in [-0.3, -0.25) is 0 Å². The standard InChI is InChI=1S/C16H21FO3S/c17-13-1-2-15(12(9-13)11-18)20-14-3-6-19-16(10-14)4-7-21-8-5-16/h1-2,9,14,18H,3-8,10-11H2. The van der Waals surface area contributed by atoms with Crippen LogP contribution >= 0.6 is 11.8 Å². The maximum Gasteiger partial charge on any atom is 0.125 e. The number of ether oxygens (including phenoxy) is 2. The van der Waals surface area contributed by atoms with E-state index >= 15 is 0 Å². The van der Waals surface area contributed by atoms with Crippen LogP contribution in [0.4, 0.5) is 4.39 Å². The van der Waals surface area contributed by atoms with Crippen molar-refractivity contribution in [3.05, 3.63) is 29.6 Å². The number of rotatable bonds is 3. The summed E-state index contributed by atoms with van der Waals surface area (Å²) in [6.45, 7) is 0.503. The lowest BCUT2D eigenvalue weighted by Crippen LogP contribution is -2.46. The number of hydrogen-bond donors (Lipinski definition) is 1. The molecule has 0 radical (unpaired) electrons. The van der Waals surface area contributed by atoms with E-state index in [1.807, 2.05) is 11.8 Å². The van der Waals surface area contributed by atoms with Crippen molar-refractivity contribution in [3.63, 3.8) is 0 Å². The van der Waals surface area contributed by atoms with E-state index in [9.17, 15) is 9.50 Å². The molecule has 1 aromatic rings. The smallest absolute Gasteiger partial charge is 0.125 e. The van der Waals surface area contributed by atoms with Crippen LogP contribution in [-0.4, -0.2) is 34.9 Å². The van der Waals surface area contributed by atoms with Crippen molar-refractivity contribution in [1.82, 2.24) is 0 Å². The molecule has 0 aliphatic carbocycles. The van der Waals surface area contributed by atoms with Gasteiger partial charge in [-0.25, -0.2) is 4.39 Å². The second kappa shape index (κ2) is 6.55. The van der Waals surface area contributed by atoms with E-state index in [-0.39, 0.29) is 24.1 Å². The molecule has 2 aliphatic heterocycles. The van der Waals surface area contributed by atoms with Crippen molar-refractivity contribution in [2.75, 3.05) is 18.1 Å². The van der Waals surface area contributed by atoms with Gasteiger partial charge in [0.2, 0.25) is 0 Å². The number of aliphatic hydroxyl groups excluding tert-OH is 1. The summed E-state index contributed by atoms with van der Waals surface area (Å²) in [7, 11) is 0. The van der Waals surface area contributed by atoms with Crippen LogP contribution in [0.15, 0.2) is 18.2 Å². The molecule has 3 rings (SSSR count). The van der Waals surface area contributed by atoms with Gasteiger partial charge >= 0.3 is 0 Å². The fourth-order valence-corrected chi connectivity index (χ4v) is 4.38. The summed E-state index contributed by atoms with van der Waals surface area (Å²) in [5, 5.41) is 9.34. The average molecular weight is 312 g/mol. The molecule has 5 heteroatoms. The molecule has 2 aliphatic rings. The van der Waals surface area contributed by atoms with Gasteiger partial charge < -0.3 is 14.6 Å². The topological polar surface area (TPSA) is 38.7 Å². The van der Waals surface area contributed by atoms with Gasteiger partial charge in [0, 0.05) is 18.4 Å². The maximum atomic E-state index is 13.2. The van der Waals surface area contributed by atoms with Gasteiger partial charge in [0.25, 0.3) is 0 Å². The molecular weight excluding hydrogens is 291 g/mol. The van der Waals surface area contributed by atoms with Gasteiger partial charge in [-0.2, -0.15) is 11.8 Å². The summed E-state index contributed by atoms with van der Waals surface area (Å²) in [5.41, 5.74) is 0.475. The molecule has 1 aromatic carbocycles. The second-order valence-corrected chi connectivity index (χ2v) is 7.01. The first-order valence-corrected chi connectivity index (χ1v) is 8.64. The Balaban J connectivity index is 1.70. The normalized spacial score (nSPS) is 25.0. The predicted octanol–water partition coefficient (Wildman–Crippen LogP) is 3.14. The SMILES string of the molecule is OCc1cc(F)ccc1OC1CCOC2(CCSCC2)C1. The zero-order chi connectivity index (χ0) is 14.7. The van der Waals surface area contributed by atoms with Gasteiger partial charge in [0.05, 0.1) is 18.8 Å². The lowest BCUT2D eigenvalue weighted by molar-refractivity contribution is -0.116. The minimum absolute atomic E-state index is 0.0342. The summed E-state index contributed by atoms with van der Waals surface area (Å²) >= 11 is 1.98. The zero-order valence-electron chi connectivity index (χ0n) is 12.0. The van der Waals surface area contributed by atoms with Gasteiger partial charge in [0.1, 0.15) is 17.7 Å². The van der Waals surface area contributed by atoms with E-state index in [2.05, 4.69) is 0 Å². The molecule has 21 heavy (non-hydrogen) atoms. The number of aliphatic hydroxyl groups is 1.